The van der Waals surface area contributed by atoms with Gasteiger partial charge in [-0.2, -0.15) is 0 Å². The number of carbonyl (C=O) groups is 1. The minimum atomic E-state index is 0.130. The molecule has 5 nitrogen and oxygen atoms in total. The van der Waals surface area contributed by atoms with Gasteiger partial charge in [0.15, 0.2) is 0 Å². The van der Waals surface area contributed by atoms with Gasteiger partial charge in [-0.05, 0) is 56.3 Å². The molecule has 1 atom stereocenters. The second-order valence-corrected chi connectivity index (χ2v) is 6.48. The molecule has 126 valence electrons. The third-order valence-corrected chi connectivity index (χ3v) is 4.79. The molecule has 1 saturated heterocycles. The Balaban J connectivity index is 1.68. The lowest BCUT2D eigenvalue weighted by Crippen LogP contribution is -2.37. The highest BCUT2D eigenvalue weighted by atomic mass is 16.5. The molecule has 1 aliphatic heterocycles. The van der Waals surface area contributed by atoms with Crippen molar-refractivity contribution in [2.75, 3.05) is 33.9 Å². The first-order valence-corrected chi connectivity index (χ1v) is 8.44. The summed E-state index contributed by atoms with van der Waals surface area (Å²) in [5.74, 6) is 2.53. The summed E-state index contributed by atoms with van der Waals surface area (Å²) in [5.41, 5.74) is 1.11. The maximum absolute atomic E-state index is 12.2. The minimum Gasteiger partial charge on any atom is -0.497 e. The van der Waals surface area contributed by atoms with Gasteiger partial charge >= 0.3 is 0 Å². The second-order valence-electron chi connectivity index (χ2n) is 6.48. The van der Waals surface area contributed by atoms with E-state index >= 15 is 0 Å². The Morgan fingerprint density at radius 2 is 2.09 bits per heavy atom. The van der Waals surface area contributed by atoms with E-state index in [1.807, 2.05) is 18.2 Å². The van der Waals surface area contributed by atoms with Crippen LogP contribution < -0.4 is 14.8 Å². The average Bonchev–Trinajstić information content (AvgIpc) is 3.30. The van der Waals surface area contributed by atoms with Gasteiger partial charge in [-0.3, -0.25) is 9.69 Å². The predicted molar refractivity (Wildman–Crippen MR) is 88.8 cm³/mol. The molecule has 23 heavy (non-hydrogen) atoms. The Kier molecular flexibility index (Phi) is 5.06. The Morgan fingerprint density at radius 3 is 2.78 bits per heavy atom. The van der Waals surface area contributed by atoms with E-state index in [2.05, 4.69) is 10.2 Å². The van der Waals surface area contributed by atoms with Crippen molar-refractivity contribution in [3.05, 3.63) is 23.8 Å². The molecule has 0 spiro atoms. The first-order chi connectivity index (χ1) is 11.2. The fourth-order valence-corrected chi connectivity index (χ4v) is 3.29. The van der Waals surface area contributed by atoms with Gasteiger partial charge in [-0.15, -0.1) is 0 Å². The second kappa shape index (κ2) is 7.21. The lowest BCUT2D eigenvalue weighted by Gasteiger charge is -2.26. The number of benzene rings is 1. The third-order valence-electron chi connectivity index (χ3n) is 4.79. The minimum absolute atomic E-state index is 0.130. The van der Waals surface area contributed by atoms with Crippen LogP contribution in [0.3, 0.4) is 0 Å². The van der Waals surface area contributed by atoms with Crippen LogP contribution in [0, 0.1) is 5.92 Å². The van der Waals surface area contributed by atoms with E-state index in [9.17, 15) is 4.79 Å². The molecular formula is C18H26N2O3. The molecule has 1 heterocycles. The van der Waals surface area contributed by atoms with Crippen molar-refractivity contribution in [1.29, 1.82) is 0 Å². The van der Waals surface area contributed by atoms with Crippen LogP contribution in [0.4, 0.5) is 0 Å². The van der Waals surface area contributed by atoms with Gasteiger partial charge in [-0.1, -0.05) is 0 Å². The lowest BCUT2D eigenvalue weighted by atomic mass is 10.0. The summed E-state index contributed by atoms with van der Waals surface area (Å²) in [6.07, 6.45) is 4.65. The molecule has 5 heteroatoms. The largest absolute Gasteiger partial charge is 0.497 e. The molecule has 1 amide bonds. The smallest absolute Gasteiger partial charge is 0.234 e. The van der Waals surface area contributed by atoms with Crippen molar-refractivity contribution >= 4 is 5.91 Å². The van der Waals surface area contributed by atoms with E-state index in [1.165, 1.54) is 12.8 Å². The Morgan fingerprint density at radius 1 is 1.26 bits per heavy atom. The van der Waals surface area contributed by atoms with Crippen molar-refractivity contribution in [3.8, 4) is 11.5 Å². The zero-order valence-electron chi connectivity index (χ0n) is 14.0. The van der Waals surface area contributed by atoms with Crippen molar-refractivity contribution in [1.82, 2.24) is 10.2 Å². The fourth-order valence-electron chi connectivity index (χ4n) is 3.29. The van der Waals surface area contributed by atoms with Crippen LogP contribution in [0.1, 0.15) is 37.3 Å². The van der Waals surface area contributed by atoms with E-state index in [-0.39, 0.29) is 11.9 Å². The number of rotatable bonds is 7. The zero-order valence-corrected chi connectivity index (χ0v) is 14.0. The van der Waals surface area contributed by atoms with E-state index in [0.717, 1.165) is 43.0 Å². The SMILES string of the molecule is COc1ccc(OC)c(C2CCCN2CC(=O)NCC2CC2)c1. The summed E-state index contributed by atoms with van der Waals surface area (Å²) < 4.78 is 10.9. The quantitative estimate of drug-likeness (QED) is 0.838. The van der Waals surface area contributed by atoms with Gasteiger partial charge in [0.05, 0.1) is 20.8 Å². The molecule has 1 unspecified atom stereocenters. The van der Waals surface area contributed by atoms with Gasteiger partial charge in [0, 0.05) is 18.2 Å². The first kappa shape index (κ1) is 16.1. The topological polar surface area (TPSA) is 50.8 Å². The van der Waals surface area contributed by atoms with Gasteiger partial charge in [-0.25, -0.2) is 0 Å². The summed E-state index contributed by atoms with van der Waals surface area (Å²) in [4.78, 5) is 14.4. The van der Waals surface area contributed by atoms with Gasteiger partial charge in [0.1, 0.15) is 11.5 Å². The van der Waals surface area contributed by atoms with Crippen LogP contribution in [-0.4, -0.2) is 44.7 Å². The Bertz CT molecular complexity index is 557. The molecule has 1 N–H and O–H groups in total. The number of hydrogen-bond donors (Lipinski definition) is 1. The summed E-state index contributed by atoms with van der Waals surface area (Å²) >= 11 is 0. The van der Waals surface area contributed by atoms with E-state index in [0.29, 0.717) is 12.5 Å². The number of carbonyl (C=O) groups excluding carboxylic acids is 1. The zero-order chi connectivity index (χ0) is 16.2. The van der Waals surface area contributed by atoms with Crippen LogP contribution in [-0.2, 0) is 4.79 Å². The van der Waals surface area contributed by atoms with E-state index < -0.39 is 0 Å². The third kappa shape index (κ3) is 3.96. The summed E-state index contributed by atoms with van der Waals surface area (Å²) in [7, 11) is 3.36. The Hall–Kier alpha value is -1.75. The lowest BCUT2D eigenvalue weighted by molar-refractivity contribution is -0.122. The molecule has 1 aromatic carbocycles. The van der Waals surface area contributed by atoms with Crippen LogP contribution in [0.15, 0.2) is 18.2 Å². The predicted octanol–water partition coefficient (Wildman–Crippen LogP) is 2.37. The molecule has 3 rings (SSSR count). The number of nitrogens with one attached hydrogen (secondary N) is 1. The molecule has 1 saturated carbocycles. The fraction of sp³-hybridized carbons (Fsp3) is 0.611. The van der Waals surface area contributed by atoms with Gasteiger partial charge in [0.25, 0.3) is 0 Å². The maximum Gasteiger partial charge on any atom is 0.234 e. The van der Waals surface area contributed by atoms with Crippen LogP contribution >= 0.6 is 0 Å². The molecule has 2 aliphatic rings. The average molecular weight is 318 g/mol. The standard InChI is InChI=1S/C18H26N2O3/c1-22-14-7-8-17(23-2)15(10-14)16-4-3-9-20(16)12-18(21)19-11-13-5-6-13/h7-8,10,13,16H,3-6,9,11-12H2,1-2H3,(H,19,21). The van der Waals surface area contributed by atoms with E-state index in [1.54, 1.807) is 14.2 Å². The highest BCUT2D eigenvalue weighted by Gasteiger charge is 2.30. The molecule has 0 radical (unpaired) electrons. The summed E-state index contributed by atoms with van der Waals surface area (Å²) in [6.45, 7) is 2.24. The van der Waals surface area contributed by atoms with Crippen molar-refractivity contribution < 1.29 is 14.3 Å². The van der Waals surface area contributed by atoms with Gasteiger partial charge < -0.3 is 14.8 Å². The number of methoxy groups -OCH3 is 2. The first-order valence-electron chi connectivity index (χ1n) is 8.44. The van der Waals surface area contributed by atoms with Crippen molar-refractivity contribution in [3.63, 3.8) is 0 Å². The number of ether oxygens (including phenoxy) is 2. The highest BCUT2D eigenvalue weighted by Crippen LogP contribution is 2.38. The van der Waals surface area contributed by atoms with Crippen LogP contribution in [0.25, 0.3) is 0 Å². The highest BCUT2D eigenvalue weighted by molar-refractivity contribution is 5.78. The van der Waals surface area contributed by atoms with Crippen LogP contribution in [0.5, 0.6) is 11.5 Å². The van der Waals surface area contributed by atoms with Gasteiger partial charge in [0.2, 0.25) is 5.91 Å². The normalized spacial score (nSPS) is 21.2. The molecule has 0 aromatic heterocycles. The molecule has 2 fully saturated rings. The summed E-state index contributed by atoms with van der Waals surface area (Å²) in [6, 6.07) is 6.10. The summed E-state index contributed by atoms with van der Waals surface area (Å²) in [5, 5.41) is 3.06. The van der Waals surface area contributed by atoms with E-state index in [4.69, 9.17) is 9.47 Å². The van der Waals surface area contributed by atoms with Crippen LogP contribution in [0.2, 0.25) is 0 Å². The Labute approximate surface area is 137 Å². The molecular weight excluding hydrogens is 292 g/mol. The molecule has 1 aromatic rings. The molecule has 0 bridgehead atoms. The number of hydrogen-bond acceptors (Lipinski definition) is 4. The number of likely N-dealkylation sites (tertiary alicyclic amines) is 1. The molecule has 1 aliphatic carbocycles. The number of amides is 1. The number of nitrogens with zero attached hydrogens (tertiary/aromatic N) is 1. The van der Waals surface area contributed by atoms with Crippen molar-refractivity contribution in [2.45, 2.75) is 31.7 Å². The van der Waals surface area contributed by atoms with Crippen molar-refractivity contribution in [2.24, 2.45) is 5.92 Å². The monoisotopic (exact) mass is 318 g/mol. The maximum atomic E-state index is 12.2.